The third-order valence-corrected chi connectivity index (χ3v) is 5.10. The molecule has 1 amide bonds. The Balaban J connectivity index is 1.99. The Morgan fingerprint density at radius 2 is 1.78 bits per heavy atom. The van der Waals surface area contributed by atoms with Crippen molar-refractivity contribution in [1.29, 1.82) is 0 Å². The van der Waals surface area contributed by atoms with E-state index in [1.54, 1.807) is 12.1 Å². The Hall–Kier alpha value is -2.27. The van der Waals surface area contributed by atoms with Crippen LogP contribution in [-0.2, 0) is 18.3 Å². The van der Waals surface area contributed by atoms with Crippen molar-refractivity contribution in [1.82, 2.24) is 4.57 Å². The fourth-order valence-corrected chi connectivity index (χ4v) is 3.77. The molecule has 0 atom stereocenters. The minimum absolute atomic E-state index is 0.173. The number of hydrogen-bond acceptors (Lipinski definition) is 2. The highest BCUT2D eigenvalue weighted by Crippen LogP contribution is 2.24. The van der Waals surface area contributed by atoms with Crippen molar-refractivity contribution in [2.45, 2.75) is 20.3 Å². The van der Waals surface area contributed by atoms with Gasteiger partial charge in [-0.25, -0.2) is 4.39 Å². The SMILES string of the molecule is Cc1ccc(C)c2c1sc(=NC(=O)Cc1ccc(F)cc1)n2C. The highest BCUT2D eigenvalue weighted by Gasteiger charge is 2.09. The monoisotopic (exact) mass is 328 g/mol. The third-order valence-electron chi connectivity index (χ3n) is 3.83. The van der Waals surface area contributed by atoms with Gasteiger partial charge in [0, 0.05) is 7.05 Å². The number of hydrogen-bond donors (Lipinski definition) is 0. The highest BCUT2D eigenvalue weighted by atomic mass is 32.1. The summed E-state index contributed by atoms with van der Waals surface area (Å²) < 4.78 is 16.0. The second kappa shape index (κ2) is 6.08. The van der Waals surface area contributed by atoms with Crippen LogP contribution in [-0.4, -0.2) is 10.5 Å². The lowest BCUT2D eigenvalue weighted by atomic mass is 10.1. The largest absolute Gasteiger partial charge is 0.319 e. The first-order chi connectivity index (χ1) is 11.0. The topological polar surface area (TPSA) is 34.4 Å². The maximum atomic E-state index is 12.9. The van der Waals surface area contributed by atoms with Crippen LogP contribution in [0.15, 0.2) is 41.4 Å². The molecule has 0 radical (unpaired) electrons. The maximum Gasteiger partial charge on any atom is 0.252 e. The van der Waals surface area contributed by atoms with Crippen molar-refractivity contribution >= 4 is 27.5 Å². The highest BCUT2D eigenvalue weighted by molar-refractivity contribution is 7.16. The number of benzene rings is 2. The molecular weight excluding hydrogens is 311 g/mol. The average Bonchev–Trinajstić information content (AvgIpc) is 2.84. The van der Waals surface area contributed by atoms with E-state index in [4.69, 9.17) is 0 Å². The van der Waals surface area contributed by atoms with E-state index in [2.05, 4.69) is 31.0 Å². The van der Waals surface area contributed by atoms with Gasteiger partial charge in [0.1, 0.15) is 5.82 Å². The fourth-order valence-electron chi connectivity index (χ4n) is 2.59. The maximum absolute atomic E-state index is 12.9. The van der Waals surface area contributed by atoms with E-state index >= 15 is 0 Å². The number of carbonyl (C=O) groups is 1. The lowest BCUT2D eigenvalue weighted by Crippen LogP contribution is -2.14. The zero-order valence-electron chi connectivity index (χ0n) is 13.3. The first kappa shape index (κ1) is 15.6. The summed E-state index contributed by atoms with van der Waals surface area (Å²) >= 11 is 1.52. The van der Waals surface area contributed by atoms with Crippen molar-refractivity contribution in [3.05, 3.63) is 63.7 Å². The number of halogens is 1. The normalized spacial score (nSPS) is 12.1. The van der Waals surface area contributed by atoms with Crippen LogP contribution in [0.25, 0.3) is 10.2 Å². The van der Waals surface area contributed by atoms with Gasteiger partial charge in [0.25, 0.3) is 5.91 Å². The van der Waals surface area contributed by atoms with E-state index in [1.165, 1.54) is 29.0 Å². The van der Waals surface area contributed by atoms with Crippen LogP contribution in [0.5, 0.6) is 0 Å². The molecule has 0 saturated carbocycles. The number of amides is 1. The van der Waals surface area contributed by atoms with Gasteiger partial charge in [-0.1, -0.05) is 35.6 Å². The van der Waals surface area contributed by atoms with Crippen molar-refractivity contribution in [2.75, 3.05) is 0 Å². The van der Waals surface area contributed by atoms with Gasteiger partial charge >= 0.3 is 0 Å². The lowest BCUT2D eigenvalue weighted by molar-refractivity contribution is -0.117. The quantitative estimate of drug-likeness (QED) is 0.707. The number of aryl methyl sites for hydroxylation is 3. The first-order valence-electron chi connectivity index (χ1n) is 7.33. The summed E-state index contributed by atoms with van der Waals surface area (Å²) in [6, 6.07) is 10.1. The van der Waals surface area contributed by atoms with Crippen molar-refractivity contribution < 1.29 is 9.18 Å². The second-order valence-electron chi connectivity index (χ2n) is 5.63. The van der Waals surface area contributed by atoms with Crippen LogP contribution in [0.3, 0.4) is 0 Å². The van der Waals surface area contributed by atoms with Crippen LogP contribution in [0.2, 0.25) is 0 Å². The number of nitrogens with zero attached hydrogens (tertiary/aromatic N) is 2. The first-order valence-corrected chi connectivity index (χ1v) is 8.15. The molecule has 0 spiro atoms. The summed E-state index contributed by atoms with van der Waals surface area (Å²) in [4.78, 5) is 17.1. The Kier molecular flexibility index (Phi) is 4.13. The predicted molar refractivity (Wildman–Crippen MR) is 90.9 cm³/mol. The number of aromatic nitrogens is 1. The average molecular weight is 328 g/mol. The summed E-state index contributed by atoms with van der Waals surface area (Å²) in [5.74, 6) is -0.533. The molecule has 0 saturated heterocycles. The standard InChI is InChI=1S/C18H17FN2OS/c1-11-4-5-12(2)17-16(11)21(3)18(23-17)20-15(22)10-13-6-8-14(19)9-7-13/h4-9H,10H2,1-3H3. The van der Waals surface area contributed by atoms with Gasteiger partial charge in [-0.3, -0.25) is 4.79 Å². The molecule has 0 aliphatic rings. The van der Waals surface area contributed by atoms with E-state index in [1.807, 2.05) is 11.6 Å². The second-order valence-corrected chi connectivity index (χ2v) is 6.61. The zero-order chi connectivity index (χ0) is 16.6. The summed E-state index contributed by atoms with van der Waals surface area (Å²) in [6.07, 6.45) is 0.173. The number of fused-ring (bicyclic) bond motifs is 1. The fraction of sp³-hybridized carbons (Fsp3) is 0.222. The minimum Gasteiger partial charge on any atom is -0.319 e. The third kappa shape index (κ3) is 3.10. The minimum atomic E-state index is -0.306. The van der Waals surface area contributed by atoms with Gasteiger partial charge in [0.05, 0.1) is 16.6 Å². The molecule has 0 aliphatic heterocycles. The molecule has 3 nitrogen and oxygen atoms in total. The zero-order valence-corrected chi connectivity index (χ0v) is 14.1. The van der Waals surface area contributed by atoms with Gasteiger partial charge in [-0.2, -0.15) is 4.99 Å². The van der Waals surface area contributed by atoms with E-state index < -0.39 is 0 Å². The number of thiazole rings is 1. The molecule has 0 unspecified atom stereocenters. The lowest BCUT2D eigenvalue weighted by Gasteiger charge is -2.01. The van der Waals surface area contributed by atoms with Crippen LogP contribution >= 0.6 is 11.3 Å². The number of carbonyl (C=O) groups excluding carboxylic acids is 1. The Labute approximate surface area is 137 Å². The van der Waals surface area contributed by atoms with E-state index in [-0.39, 0.29) is 18.1 Å². The van der Waals surface area contributed by atoms with Gasteiger partial charge in [-0.05, 0) is 42.7 Å². The molecule has 23 heavy (non-hydrogen) atoms. The van der Waals surface area contributed by atoms with Crippen molar-refractivity contribution in [3.63, 3.8) is 0 Å². The smallest absolute Gasteiger partial charge is 0.252 e. The molecule has 1 aromatic heterocycles. The molecule has 3 rings (SSSR count). The van der Waals surface area contributed by atoms with Gasteiger partial charge in [0.15, 0.2) is 4.80 Å². The van der Waals surface area contributed by atoms with Crippen LogP contribution in [0.1, 0.15) is 16.7 Å². The van der Waals surface area contributed by atoms with Crippen molar-refractivity contribution in [2.24, 2.45) is 12.0 Å². The van der Waals surface area contributed by atoms with Crippen LogP contribution in [0.4, 0.5) is 4.39 Å². The summed E-state index contributed by atoms with van der Waals surface area (Å²) in [5.41, 5.74) is 4.22. The summed E-state index contributed by atoms with van der Waals surface area (Å²) in [7, 11) is 1.93. The van der Waals surface area contributed by atoms with E-state index in [0.717, 1.165) is 21.3 Å². The van der Waals surface area contributed by atoms with Gasteiger partial charge in [-0.15, -0.1) is 0 Å². The number of rotatable bonds is 2. The Morgan fingerprint density at radius 1 is 1.13 bits per heavy atom. The molecule has 118 valence electrons. The molecule has 0 fully saturated rings. The van der Waals surface area contributed by atoms with Crippen LogP contribution < -0.4 is 4.80 Å². The molecule has 2 aromatic carbocycles. The summed E-state index contributed by atoms with van der Waals surface area (Å²) in [6.45, 7) is 4.11. The van der Waals surface area contributed by atoms with Crippen molar-refractivity contribution in [3.8, 4) is 0 Å². The molecule has 1 heterocycles. The predicted octanol–water partition coefficient (Wildman–Crippen LogP) is 3.67. The van der Waals surface area contributed by atoms with Gasteiger partial charge < -0.3 is 4.57 Å². The molecule has 5 heteroatoms. The molecule has 0 aliphatic carbocycles. The van der Waals surface area contributed by atoms with Crippen LogP contribution in [0, 0.1) is 19.7 Å². The molecular formula is C18H17FN2OS. The molecule has 0 bridgehead atoms. The van der Waals surface area contributed by atoms with E-state index in [0.29, 0.717) is 4.80 Å². The summed E-state index contributed by atoms with van der Waals surface area (Å²) in [5, 5.41) is 0. The molecule has 3 aromatic rings. The Bertz CT molecular complexity index is 952. The Morgan fingerprint density at radius 3 is 2.43 bits per heavy atom. The molecule has 0 N–H and O–H groups in total. The van der Waals surface area contributed by atoms with Gasteiger partial charge in [0.2, 0.25) is 0 Å². The van der Waals surface area contributed by atoms with E-state index in [9.17, 15) is 9.18 Å².